The maximum absolute atomic E-state index is 13.2. The van der Waals surface area contributed by atoms with Crippen LogP contribution < -0.4 is 14.4 Å². The summed E-state index contributed by atoms with van der Waals surface area (Å²) in [5, 5.41) is 0. The highest BCUT2D eigenvalue weighted by molar-refractivity contribution is 7.89. The molecular formula is C20H25N3O3S. The molecule has 7 heteroatoms. The van der Waals surface area contributed by atoms with Crippen molar-refractivity contribution in [1.29, 1.82) is 0 Å². The van der Waals surface area contributed by atoms with Gasteiger partial charge in [-0.1, -0.05) is 36.4 Å². The van der Waals surface area contributed by atoms with Gasteiger partial charge < -0.3 is 14.5 Å². The quantitative estimate of drug-likeness (QED) is 0.869. The lowest BCUT2D eigenvalue weighted by Crippen LogP contribution is -2.45. The number of piperazine rings is 1. The first-order chi connectivity index (χ1) is 13.0. The Morgan fingerprint density at radius 2 is 1.78 bits per heavy atom. The maximum atomic E-state index is 13.2. The second-order valence-electron chi connectivity index (χ2n) is 7.21. The van der Waals surface area contributed by atoms with Crippen molar-refractivity contribution in [2.24, 2.45) is 0 Å². The molecule has 4 rings (SSSR count). The third kappa shape index (κ3) is 3.95. The third-order valence-corrected chi connectivity index (χ3v) is 6.75. The first kappa shape index (κ1) is 18.3. The molecule has 2 aliphatic heterocycles. The van der Waals surface area contributed by atoms with Crippen molar-refractivity contribution in [3.05, 3.63) is 54.1 Å². The van der Waals surface area contributed by atoms with Crippen LogP contribution in [0.4, 0.5) is 5.69 Å². The Labute approximate surface area is 160 Å². The summed E-state index contributed by atoms with van der Waals surface area (Å²) in [6.07, 6.45) is 0.595. The van der Waals surface area contributed by atoms with Crippen molar-refractivity contribution in [2.45, 2.75) is 17.4 Å². The minimum absolute atomic E-state index is 0.269. The Morgan fingerprint density at radius 3 is 2.52 bits per heavy atom. The van der Waals surface area contributed by atoms with Gasteiger partial charge in [0.15, 0.2) is 0 Å². The van der Waals surface area contributed by atoms with Crippen LogP contribution in [0.1, 0.15) is 5.56 Å². The van der Waals surface area contributed by atoms with E-state index in [9.17, 15) is 8.42 Å². The number of nitrogens with one attached hydrogen (secondary N) is 1. The lowest BCUT2D eigenvalue weighted by molar-refractivity contribution is 0.279. The molecular weight excluding hydrogens is 362 g/mol. The first-order valence-corrected chi connectivity index (χ1v) is 10.8. The monoisotopic (exact) mass is 387 g/mol. The average molecular weight is 388 g/mol. The van der Waals surface area contributed by atoms with Gasteiger partial charge in [-0.2, -0.15) is 0 Å². The molecule has 0 aromatic heterocycles. The molecule has 1 saturated heterocycles. The summed E-state index contributed by atoms with van der Waals surface area (Å²) in [5.41, 5.74) is 1.81. The molecule has 0 saturated carbocycles. The zero-order valence-electron chi connectivity index (χ0n) is 15.5. The van der Waals surface area contributed by atoms with Crippen molar-refractivity contribution in [3.63, 3.8) is 0 Å². The van der Waals surface area contributed by atoms with Crippen LogP contribution in [0.25, 0.3) is 0 Å². The molecule has 2 aromatic rings. The van der Waals surface area contributed by atoms with Crippen molar-refractivity contribution in [2.75, 3.05) is 44.7 Å². The van der Waals surface area contributed by atoms with Gasteiger partial charge in [-0.05, 0) is 31.2 Å². The molecule has 1 fully saturated rings. The van der Waals surface area contributed by atoms with Gasteiger partial charge in [-0.25, -0.2) is 13.1 Å². The Bertz CT molecular complexity index is 894. The topological polar surface area (TPSA) is 61.9 Å². The molecule has 144 valence electrons. The second kappa shape index (κ2) is 7.50. The SMILES string of the molecule is CN1CCN(c2cccc3c2S(=O)(=O)N[C@@H](Cc2ccccc2)CO3)CC1. The standard InChI is InChI=1S/C20H25N3O3S/c1-22-10-12-23(13-11-22)18-8-5-9-19-20(18)27(24,25)21-17(15-26-19)14-16-6-3-2-4-7-16/h2-9,17,21H,10-15H2,1H3/t17-/m0/s1. The van der Waals surface area contributed by atoms with Crippen LogP contribution >= 0.6 is 0 Å². The van der Waals surface area contributed by atoms with Gasteiger partial charge in [-0.3, -0.25) is 0 Å². The smallest absolute Gasteiger partial charge is 0.246 e. The Morgan fingerprint density at radius 1 is 1.04 bits per heavy atom. The normalized spacial score (nSPS) is 22.6. The predicted octanol–water partition coefficient (Wildman–Crippen LogP) is 1.72. The number of sulfonamides is 1. The van der Waals surface area contributed by atoms with Crippen LogP contribution in [-0.2, 0) is 16.4 Å². The van der Waals surface area contributed by atoms with Gasteiger partial charge in [0.1, 0.15) is 17.3 Å². The lowest BCUT2D eigenvalue weighted by atomic mass is 10.1. The number of ether oxygens (including phenoxy) is 1. The number of fused-ring (bicyclic) bond motifs is 1. The van der Waals surface area contributed by atoms with Gasteiger partial charge >= 0.3 is 0 Å². The summed E-state index contributed by atoms with van der Waals surface area (Å²) >= 11 is 0. The highest BCUT2D eigenvalue weighted by Gasteiger charge is 2.33. The van der Waals surface area contributed by atoms with Crippen molar-refractivity contribution < 1.29 is 13.2 Å². The molecule has 2 heterocycles. The number of benzene rings is 2. The van der Waals surface area contributed by atoms with Gasteiger partial charge in [0, 0.05) is 26.2 Å². The summed E-state index contributed by atoms with van der Waals surface area (Å²) in [5.74, 6) is 0.439. The molecule has 1 N–H and O–H groups in total. The van der Waals surface area contributed by atoms with Gasteiger partial charge in [0.05, 0.1) is 11.7 Å². The average Bonchev–Trinajstić information content (AvgIpc) is 2.79. The summed E-state index contributed by atoms with van der Waals surface area (Å²) in [7, 11) is -1.59. The molecule has 0 aliphatic carbocycles. The van der Waals surface area contributed by atoms with E-state index < -0.39 is 10.0 Å². The van der Waals surface area contributed by atoms with E-state index in [1.807, 2.05) is 42.5 Å². The zero-order chi connectivity index (χ0) is 18.9. The van der Waals surface area contributed by atoms with E-state index in [0.717, 1.165) is 37.4 Å². The largest absolute Gasteiger partial charge is 0.490 e. The molecule has 0 spiro atoms. The lowest BCUT2D eigenvalue weighted by Gasteiger charge is -2.35. The third-order valence-electron chi connectivity index (χ3n) is 5.16. The molecule has 2 aliphatic rings. The fourth-order valence-electron chi connectivity index (χ4n) is 3.69. The Hall–Kier alpha value is -2.09. The van der Waals surface area contributed by atoms with Crippen LogP contribution in [0.15, 0.2) is 53.4 Å². The fraction of sp³-hybridized carbons (Fsp3) is 0.400. The van der Waals surface area contributed by atoms with E-state index in [1.165, 1.54) is 0 Å². The van der Waals surface area contributed by atoms with Gasteiger partial charge in [0.2, 0.25) is 10.0 Å². The van der Waals surface area contributed by atoms with E-state index in [-0.39, 0.29) is 10.9 Å². The maximum Gasteiger partial charge on any atom is 0.246 e. The second-order valence-corrected chi connectivity index (χ2v) is 8.86. The van der Waals surface area contributed by atoms with Crippen LogP contribution in [0.2, 0.25) is 0 Å². The van der Waals surface area contributed by atoms with Crippen molar-refractivity contribution >= 4 is 15.7 Å². The summed E-state index contributed by atoms with van der Waals surface area (Å²) < 4.78 is 35.2. The highest BCUT2D eigenvalue weighted by Crippen LogP contribution is 2.36. The minimum atomic E-state index is -3.67. The Balaban J connectivity index is 1.63. The molecule has 6 nitrogen and oxygen atoms in total. The molecule has 0 amide bonds. The van der Waals surface area contributed by atoms with E-state index in [0.29, 0.717) is 18.8 Å². The van der Waals surface area contributed by atoms with Gasteiger partial charge in [0.25, 0.3) is 0 Å². The Kier molecular flexibility index (Phi) is 5.08. The van der Waals surface area contributed by atoms with E-state index in [1.54, 1.807) is 6.07 Å². The number of likely N-dealkylation sites (N-methyl/N-ethyl adjacent to an activating group) is 1. The number of nitrogens with zero attached hydrogens (tertiary/aromatic N) is 2. The zero-order valence-corrected chi connectivity index (χ0v) is 16.3. The number of rotatable bonds is 3. The van der Waals surface area contributed by atoms with Crippen LogP contribution in [0, 0.1) is 0 Å². The first-order valence-electron chi connectivity index (χ1n) is 9.28. The van der Waals surface area contributed by atoms with Gasteiger partial charge in [-0.15, -0.1) is 0 Å². The summed E-state index contributed by atoms with van der Waals surface area (Å²) in [4.78, 5) is 4.65. The predicted molar refractivity (Wildman–Crippen MR) is 106 cm³/mol. The van der Waals surface area contributed by atoms with Crippen LogP contribution in [0.5, 0.6) is 5.75 Å². The molecule has 2 aromatic carbocycles. The van der Waals surface area contributed by atoms with Crippen LogP contribution in [0.3, 0.4) is 0 Å². The van der Waals surface area contributed by atoms with Crippen molar-refractivity contribution in [1.82, 2.24) is 9.62 Å². The number of hydrogen-bond acceptors (Lipinski definition) is 5. The summed E-state index contributed by atoms with van der Waals surface area (Å²) in [6, 6.07) is 15.1. The molecule has 0 bridgehead atoms. The molecule has 0 radical (unpaired) electrons. The molecule has 0 unspecified atom stereocenters. The fourth-order valence-corrected chi connectivity index (χ4v) is 5.26. The number of anilines is 1. The van der Waals surface area contributed by atoms with Crippen molar-refractivity contribution in [3.8, 4) is 5.75 Å². The summed E-state index contributed by atoms with van der Waals surface area (Å²) in [6.45, 7) is 3.74. The van der Waals surface area contributed by atoms with Crippen LogP contribution in [-0.4, -0.2) is 59.2 Å². The molecule has 27 heavy (non-hydrogen) atoms. The number of hydrogen-bond donors (Lipinski definition) is 1. The highest BCUT2D eigenvalue weighted by atomic mass is 32.2. The van der Waals surface area contributed by atoms with E-state index in [2.05, 4.69) is 21.6 Å². The van der Waals surface area contributed by atoms with E-state index >= 15 is 0 Å². The molecule has 1 atom stereocenters. The minimum Gasteiger partial charge on any atom is -0.490 e. The van der Waals surface area contributed by atoms with E-state index in [4.69, 9.17) is 4.74 Å².